The zero-order chi connectivity index (χ0) is 19.2. The second-order valence-corrected chi connectivity index (χ2v) is 7.39. The van der Waals surface area contributed by atoms with Gasteiger partial charge in [0.2, 0.25) is 0 Å². The number of rotatable bonds is 5. The normalized spacial score (nSPS) is 15.9. The maximum Gasteiger partial charge on any atom is 0.194 e. The van der Waals surface area contributed by atoms with Crippen LogP contribution in [0.1, 0.15) is 31.2 Å². The molecule has 1 aromatic carbocycles. The molecular formula is C20H31N7. The second kappa shape index (κ2) is 8.88. The number of hydrogen-bond acceptors (Lipinski definition) is 4. The SMILES string of the molecule is CN=C(NCc1ccc(N2CCC(C)CC2)cc1)N(C)Cc1ncnn1C. The Morgan fingerprint density at radius 1 is 1.26 bits per heavy atom. The van der Waals surface area contributed by atoms with Crippen LogP contribution in [0.4, 0.5) is 5.69 Å². The molecule has 2 heterocycles. The van der Waals surface area contributed by atoms with Crippen LogP contribution < -0.4 is 10.2 Å². The maximum absolute atomic E-state index is 4.38. The van der Waals surface area contributed by atoms with Gasteiger partial charge in [0.1, 0.15) is 12.2 Å². The van der Waals surface area contributed by atoms with Crippen LogP contribution in [-0.2, 0) is 20.1 Å². The Hall–Kier alpha value is -2.57. The lowest BCUT2D eigenvalue weighted by Crippen LogP contribution is -2.38. The largest absolute Gasteiger partial charge is 0.372 e. The van der Waals surface area contributed by atoms with Gasteiger partial charge in [-0.3, -0.25) is 9.67 Å². The summed E-state index contributed by atoms with van der Waals surface area (Å²) in [6, 6.07) is 8.88. The van der Waals surface area contributed by atoms with Gasteiger partial charge in [-0.1, -0.05) is 19.1 Å². The molecule has 1 N–H and O–H groups in total. The van der Waals surface area contributed by atoms with Crippen molar-refractivity contribution in [3.8, 4) is 0 Å². The van der Waals surface area contributed by atoms with E-state index in [-0.39, 0.29) is 0 Å². The van der Waals surface area contributed by atoms with Gasteiger partial charge in [-0.25, -0.2) is 4.98 Å². The minimum Gasteiger partial charge on any atom is -0.372 e. The number of guanidine groups is 1. The highest BCUT2D eigenvalue weighted by molar-refractivity contribution is 5.79. The van der Waals surface area contributed by atoms with E-state index in [1.807, 2.05) is 19.0 Å². The van der Waals surface area contributed by atoms with E-state index in [4.69, 9.17) is 0 Å². The lowest BCUT2D eigenvalue weighted by Gasteiger charge is -2.32. The van der Waals surface area contributed by atoms with Crippen LogP contribution in [0.15, 0.2) is 35.6 Å². The molecule has 0 saturated carbocycles. The molecule has 0 atom stereocenters. The fraction of sp³-hybridized carbons (Fsp3) is 0.550. The highest BCUT2D eigenvalue weighted by Gasteiger charge is 2.16. The number of piperidine rings is 1. The lowest BCUT2D eigenvalue weighted by atomic mass is 9.99. The van der Waals surface area contributed by atoms with E-state index in [0.717, 1.165) is 37.3 Å². The standard InChI is InChI=1S/C20H31N7/c1-16-9-11-27(12-10-16)18-7-5-17(6-8-18)13-22-20(21-2)25(3)14-19-23-15-24-26(19)4/h5-8,15-16H,9-14H2,1-4H3,(H,21,22). The summed E-state index contributed by atoms with van der Waals surface area (Å²) in [6.45, 7) is 6.08. The molecule has 1 aliphatic heterocycles. The number of aromatic nitrogens is 3. The Morgan fingerprint density at radius 2 is 1.96 bits per heavy atom. The summed E-state index contributed by atoms with van der Waals surface area (Å²) in [4.78, 5) is 13.2. The summed E-state index contributed by atoms with van der Waals surface area (Å²) in [7, 11) is 5.71. The molecule has 1 fully saturated rings. The van der Waals surface area contributed by atoms with Gasteiger partial charge in [0.25, 0.3) is 0 Å². The monoisotopic (exact) mass is 369 g/mol. The first-order valence-electron chi connectivity index (χ1n) is 9.65. The summed E-state index contributed by atoms with van der Waals surface area (Å²) in [5.41, 5.74) is 2.58. The van der Waals surface area contributed by atoms with Gasteiger partial charge < -0.3 is 15.1 Å². The van der Waals surface area contributed by atoms with Crippen molar-refractivity contribution in [1.82, 2.24) is 25.0 Å². The Balaban J connectivity index is 1.53. The Labute approximate surface area is 162 Å². The van der Waals surface area contributed by atoms with Gasteiger partial charge >= 0.3 is 0 Å². The molecule has 146 valence electrons. The molecule has 0 radical (unpaired) electrons. The first-order valence-corrected chi connectivity index (χ1v) is 9.65. The summed E-state index contributed by atoms with van der Waals surface area (Å²) in [6.07, 6.45) is 4.15. The molecule has 7 heteroatoms. The van der Waals surface area contributed by atoms with Crippen molar-refractivity contribution in [2.24, 2.45) is 18.0 Å². The molecule has 0 unspecified atom stereocenters. The van der Waals surface area contributed by atoms with Gasteiger partial charge in [0.05, 0.1) is 6.54 Å². The van der Waals surface area contributed by atoms with Crippen LogP contribution in [0.2, 0.25) is 0 Å². The van der Waals surface area contributed by atoms with E-state index in [2.05, 4.69) is 56.5 Å². The van der Waals surface area contributed by atoms with Crippen molar-refractivity contribution in [2.45, 2.75) is 32.9 Å². The van der Waals surface area contributed by atoms with Gasteiger partial charge in [-0.15, -0.1) is 0 Å². The number of nitrogens with one attached hydrogen (secondary N) is 1. The van der Waals surface area contributed by atoms with Crippen LogP contribution in [0.5, 0.6) is 0 Å². The fourth-order valence-corrected chi connectivity index (χ4v) is 3.41. The molecule has 7 nitrogen and oxygen atoms in total. The Kier molecular flexibility index (Phi) is 6.32. The minimum absolute atomic E-state index is 0.655. The molecular weight excluding hydrogens is 338 g/mol. The number of anilines is 1. The number of hydrogen-bond donors (Lipinski definition) is 1. The quantitative estimate of drug-likeness (QED) is 0.647. The molecule has 1 saturated heterocycles. The molecule has 0 aliphatic carbocycles. The van der Waals surface area contributed by atoms with Crippen LogP contribution in [0.25, 0.3) is 0 Å². The van der Waals surface area contributed by atoms with Crippen LogP contribution in [0, 0.1) is 5.92 Å². The molecule has 3 rings (SSSR count). The van der Waals surface area contributed by atoms with Gasteiger partial charge in [0, 0.05) is 46.5 Å². The van der Waals surface area contributed by atoms with Crippen molar-refractivity contribution in [3.63, 3.8) is 0 Å². The van der Waals surface area contributed by atoms with E-state index in [0.29, 0.717) is 6.54 Å². The van der Waals surface area contributed by atoms with Crippen molar-refractivity contribution in [3.05, 3.63) is 42.0 Å². The van der Waals surface area contributed by atoms with Crippen molar-refractivity contribution in [2.75, 3.05) is 32.1 Å². The third-order valence-corrected chi connectivity index (χ3v) is 5.29. The zero-order valence-corrected chi connectivity index (χ0v) is 16.9. The lowest BCUT2D eigenvalue weighted by molar-refractivity contribution is 0.438. The average Bonchev–Trinajstić information content (AvgIpc) is 3.08. The third-order valence-electron chi connectivity index (χ3n) is 5.29. The van der Waals surface area contributed by atoms with Gasteiger partial charge in [-0.2, -0.15) is 5.10 Å². The first-order chi connectivity index (χ1) is 13.1. The van der Waals surface area contributed by atoms with Crippen molar-refractivity contribution < 1.29 is 0 Å². The van der Waals surface area contributed by atoms with E-state index < -0.39 is 0 Å². The number of nitrogens with zero attached hydrogens (tertiary/aromatic N) is 6. The summed E-state index contributed by atoms with van der Waals surface area (Å²) in [5.74, 6) is 2.60. The van der Waals surface area contributed by atoms with Crippen LogP contribution in [0.3, 0.4) is 0 Å². The molecule has 1 aromatic heterocycles. The average molecular weight is 370 g/mol. The predicted molar refractivity (Wildman–Crippen MR) is 110 cm³/mol. The maximum atomic E-state index is 4.38. The van der Waals surface area contributed by atoms with Crippen molar-refractivity contribution >= 4 is 11.6 Å². The van der Waals surface area contributed by atoms with E-state index >= 15 is 0 Å². The Morgan fingerprint density at radius 3 is 2.56 bits per heavy atom. The Bertz CT molecular complexity index is 742. The molecule has 0 spiro atoms. The molecule has 0 bridgehead atoms. The third kappa shape index (κ3) is 4.99. The highest BCUT2D eigenvalue weighted by Crippen LogP contribution is 2.23. The zero-order valence-electron chi connectivity index (χ0n) is 16.9. The first kappa shape index (κ1) is 19.2. The molecule has 27 heavy (non-hydrogen) atoms. The van der Waals surface area contributed by atoms with Gasteiger partial charge in [-0.05, 0) is 36.5 Å². The summed E-state index contributed by atoms with van der Waals surface area (Å²) >= 11 is 0. The highest BCUT2D eigenvalue weighted by atomic mass is 15.4. The minimum atomic E-state index is 0.655. The van der Waals surface area contributed by atoms with Gasteiger partial charge in [0.15, 0.2) is 5.96 Å². The number of benzene rings is 1. The van der Waals surface area contributed by atoms with E-state index in [9.17, 15) is 0 Å². The second-order valence-electron chi connectivity index (χ2n) is 7.39. The van der Waals surface area contributed by atoms with E-state index in [1.165, 1.54) is 24.1 Å². The summed E-state index contributed by atoms with van der Waals surface area (Å²) in [5, 5.41) is 7.54. The summed E-state index contributed by atoms with van der Waals surface area (Å²) < 4.78 is 1.78. The van der Waals surface area contributed by atoms with Crippen molar-refractivity contribution in [1.29, 1.82) is 0 Å². The van der Waals surface area contributed by atoms with E-state index in [1.54, 1.807) is 18.1 Å². The molecule has 2 aromatic rings. The number of aryl methyl sites for hydroxylation is 1. The molecule has 0 amide bonds. The number of aliphatic imine (C=N–C) groups is 1. The molecule has 1 aliphatic rings. The topological polar surface area (TPSA) is 61.6 Å². The smallest absolute Gasteiger partial charge is 0.194 e. The van der Waals surface area contributed by atoms with Crippen LogP contribution in [-0.4, -0.2) is 52.8 Å². The fourth-order valence-electron chi connectivity index (χ4n) is 3.41. The van der Waals surface area contributed by atoms with Crippen LogP contribution >= 0.6 is 0 Å². The predicted octanol–water partition coefficient (Wildman–Crippen LogP) is 2.26.